The summed E-state index contributed by atoms with van der Waals surface area (Å²) in [5.74, 6) is 0.0756. The van der Waals surface area contributed by atoms with E-state index in [1.165, 1.54) is 5.57 Å². The van der Waals surface area contributed by atoms with E-state index in [2.05, 4.69) is 0 Å². The maximum absolute atomic E-state index is 11.4. The summed E-state index contributed by atoms with van der Waals surface area (Å²) < 4.78 is 11.2. The Balaban J connectivity index is 2.43. The molecule has 2 unspecified atom stereocenters. The fraction of sp³-hybridized carbons (Fsp3) is 0.769. The molecular weight excluding hydrogens is 204 g/mol. The molecule has 0 aromatic rings. The Kier molecular flexibility index (Phi) is 5.71. The fourth-order valence-corrected chi connectivity index (χ4v) is 1.66. The van der Waals surface area contributed by atoms with E-state index >= 15 is 0 Å². The SMILES string of the molecule is CC(=O)C(CC=C(C)C)OC1CCCCO1. The van der Waals surface area contributed by atoms with Crippen LogP contribution in [0, 0.1) is 0 Å². The highest BCUT2D eigenvalue weighted by Gasteiger charge is 2.21. The molecule has 1 heterocycles. The van der Waals surface area contributed by atoms with Crippen molar-refractivity contribution >= 4 is 5.78 Å². The Morgan fingerprint density at radius 3 is 2.69 bits per heavy atom. The maximum Gasteiger partial charge on any atom is 0.158 e. The van der Waals surface area contributed by atoms with Crippen molar-refractivity contribution in [3.8, 4) is 0 Å². The van der Waals surface area contributed by atoms with Crippen LogP contribution >= 0.6 is 0 Å². The van der Waals surface area contributed by atoms with Crippen LogP contribution in [0.4, 0.5) is 0 Å². The summed E-state index contributed by atoms with van der Waals surface area (Å²) in [6, 6.07) is 0. The molecule has 1 fully saturated rings. The summed E-state index contributed by atoms with van der Waals surface area (Å²) in [6.07, 6.45) is 5.27. The minimum Gasteiger partial charge on any atom is -0.353 e. The number of hydrogen-bond donors (Lipinski definition) is 0. The van der Waals surface area contributed by atoms with Gasteiger partial charge in [-0.1, -0.05) is 11.6 Å². The monoisotopic (exact) mass is 226 g/mol. The van der Waals surface area contributed by atoms with E-state index in [4.69, 9.17) is 9.47 Å². The Bertz CT molecular complexity index is 248. The normalized spacial score (nSPS) is 22.6. The molecule has 0 N–H and O–H groups in total. The van der Waals surface area contributed by atoms with Gasteiger partial charge in [0.25, 0.3) is 0 Å². The summed E-state index contributed by atoms with van der Waals surface area (Å²) in [6.45, 7) is 6.37. The number of rotatable bonds is 5. The number of carbonyl (C=O) groups is 1. The zero-order valence-corrected chi connectivity index (χ0v) is 10.5. The predicted molar refractivity (Wildman–Crippen MR) is 63.2 cm³/mol. The molecule has 3 nitrogen and oxygen atoms in total. The topological polar surface area (TPSA) is 35.5 Å². The van der Waals surface area contributed by atoms with Gasteiger partial charge in [-0.3, -0.25) is 4.79 Å². The van der Waals surface area contributed by atoms with Crippen molar-refractivity contribution in [2.45, 2.75) is 58.8 Å². The van der Waals surface area contributed by atoms with Gasteiger partial charge in [0.05, 0.1) is 0 Å². The molecule has 1 aliphatic heterocycles. The van der Waals surface area contributed by atoms with Crippen molar-refractivity contribution in [2.24, 2.45) is 0 Å². The summed E-state index contributed by atoms with van der Waals surface area (Å²) in [4.78, 5) is 11.4. The fourth-order valence-electron chi connectivity index (χ4n) is 1.66. The Labute approximate surface area is 97.8 Å². The Hall–Kier alpha value is -0.670. The van der Waals surface area contributed by atoms with E-state index < -0.39 is 0 Å². The van der Waals surface area contributed by atoms with E-state index in [1.807, 2.05) is 19.9 Å². The van der Waals surface area contributed by atoms with Crippen LogP contribution in [-0.2, 0) is 14.3 Å². The number of carbonyl (C=O) groups excluding carboxylic acids is 1. The summed E-state index contributed by atoms with van der Waals surface area (Å²) in [5.41, 5.74) is 1.21. The van der Waals surface area contributed by atoms with Gasteiger partial charge in [0.2, 0.25) is 0 Å². The second-order valence-corrected chi connectivity index (χ2v) is 4.55. The molecular formula is C13H22O3. The third-order valence-electron chi connectivity index (χ3n) is 2.65. The molecule has 2 atom stereocenters. The first-order chi connectivity index (χ1) is 7.59. The molecule has 0 spiro atoms. The molecule has 0 saturated carbocycles. The number of ketones is 1. The van der Waals surface area contributed by atoms with Crippen LogP contribution in [0.3, 0.4) is 0 Å². The standard InChI is InChI=1S/C13H22O3/c1-10(2)7-8-12(11(3)14)16-13-6-4-5-9-15-13/h7,12-13H,4-6,8-9H2,1-3H3. The van der Waals surface area contributed by atoms with Crippen molar-refractivity contribution in [3.63, 3.8) is 0 Å². The lowest BCUT2D eigenvalue weighted by molar-refractivity contribution is -0.190. The molecule has 92 valence electrons. The molecule has 0 bridgehead atoms. The van der Waals surface area contributed by atoms with Crippen molar-refractivity contribution in [2.75, 3.05) is 6.61 Å². The molecule has 1 rings (SSSR count). The second-order valence-electron chi connectivity index (χ2n) is 4.55. The highest BCUT2D eigenvalue weighted by atomic mass is 16.7. The molecule has 0 aromatic heterocycles. The van der Waals surface area contributed by atoms with Gasteiger partial charge in [-0.05, 0) is 46.5 Å². The molecule has 3 heteroatoms. The van der Waals surface area contributed by atoms with Gasteiger partial charge in [0.15, 0.2) is 12.1 Å². The van der Waals surface area contributed by atoms with Crippen LogP contribution in [0.5, 0.6) is 0 Å². The van der Waals surface area contributed by atoms with E-state index in [-0.39, 0.29) is 18.2 Å². The van der Waals surface area contributed by atoms with Crippen LogP contribution in [-0.4, -0.2) is 24.8 Å². The summed E-state index contributed by atoms with van der Waals surface area (Å²) >= 11 is 0. The molecule has 1 saturated heterocycles. The van der Waals surface area contributed by atoms with Gasteiger partial charge in [0, 0.05) is 6.61 Å². The van der Waals surface area contributed by atoms with E-state index in [9.17, 15) is 4.79 Å². The molecule has 0 aromatic carbocycles. The summed E-state index contributed by atoms with van der Waals surface area (Å²) in [7, 11) is 0. The first kappa shape index (κ1) is 13.4. The van der Waals surface area contributed by atoms with Gasteiger partial charge < -0.3 is 9.47 Å². The van der Waals surface area contributed by atoms with Crippen molar-refractivity contribution in [3.05, 3.63) is 11.6 Å². The minimum atomic E-state index is -0.349. The third kappa shape index (κ3) is 4.90. The highest BCUT2D eigenvalue weighted by Crippen LogP contribution is 2.17. The lowest BCUT2D eigenvalue weighted by Crippen LogP contribution is -2.31. The largest absolute Gasteiger partial charge is 0.353 e. The average Bonchev–Trinajstić information content (AvgIpc) is 2.25. The number of Topliss-reactive ketones (excluding diaryl/α,β-unsaturated/α-hetero) is 1. The van der Waals surface area contributed by atoms with Gasteiger partial charge in [0.1, 0.15) is 6.10 Å². The van der Waals surface area contributed by atoms with Crippen LogP contribution in [0.15, 0.2) is 11.6 Å². The minimum absolute atomic E-state index is 0.0756. The summed E-state index contributed by atoms with van der Waals surface area (Å²) in [5, 5.41) is 0. The van der Waals surface area contributed by atoms with Gasteiger partial charge in [-0.15, -0.1) is 0 Å². The molecule has 0 amide bonds. The maximum atomic E-state index is 11.4. The molecule has 0 aliphatic carbocycles. The predicted octanol–water partition coefficient (Wildman–Crippen LogP) is 2.84. The van der Waals surface area contributed by atoms with Crippen molar-refractivity contribution in [1.82, 2.24) is 0 Å². The first-order valence-electron chi connectivity index (χ1n) is 6.00. The number of ether oxygens (including phenoxy) is 2. The van der Waals surface area contributed by atoms with E-state index in [0.717, 1.165) is 25.9 Å². The lowest BCUT2D eigenvalue weighted by atomic mass is 10.1. The second kappa shape index (κ2) is 6.81. The third-order valence-corrected chi connectivity index (χ3v) is 2.65. The van der Waals surface area contributed by atoms with E-state index in [1.54, 1.807) is 6.92 Å². The van der Waals surface area contributed by atoms with Crippen LogP contribution in [0.25, 0.3) is 0 Å². The van der Waals surface area contributed by atoms with Gasteiger partial charge >= 0.3 is 0 Å². The molecule has 1 aliphatic rings. The number of allylic oxidation sites excluding steroid dienone is 1. The van der Waals surface area contributed by atoms with E-state index in [0.29, 0.717) is 6.42 Å². The van der Waals surface area contributed by atoms with Crippen LogP contribution in [0.1, 0.15) is 46.5 Å². The molecule has 0 radical (unpaired) electrons. The highest BCUT2D eigenvalue weighted by molar-refractivity contribution is 5.80. The molecule has 16 heavy (non-hydrogen) atoms. The van der Waals surface area contributed by atoms with Gasteiger partial charge in [-0.25, -0.2) is 0 Å². The average molecular weight is 226 g/mol. The van der Waals surface area contributed by atoms with Crippen LogP contribution < -0.4 is 0 Å². The van der Waals surface area contributed by atoms with Crippen molar-refractivity contribution in [1.29, 1.82) is 0 Å². The first-order valence-corrected chi connectivity index (χ1v) is 6.00. The zero-order valence-electron chi connectivity index (χ0n) is 10.5. The van der Waals surface area contributed by atoms with Crippen LogP contribution in [0.2, 0.25) is 0 Å². The van der Waals surface area contributed by atoms with Crippen molar-refractivity contribution < 1.29 is 14.3 Å². The Morgan fingerprint density at radius 2 is 2.19 bits per heavy atom. The quantitative estimate of drug-likeness (QED) is 0.676. The van der Waals surface area contributed by atoms with Gasteiger partial charge in [-0.2, -0.15) is 0 Å². The lowest BCUT2D eigenvalue weighted by Gasteiger charge is -2.26. The smallest absolute Gasteiger partial charge is 0.158 e. The number of hydrogen-bond acceptors (Lipinski definition) is 3. The zero-order chi connectivity index (χ0) is 12.0. The Morgan fingerprint density at radius 1 is 1.44 bits per heavy atom.